The van der Waals surface area contributed by atoms with Crippen molar-refractivity contribution >= 4 is 11.3 Å². The summed E-state index contributed by atoms with van der Waals surface area (Å²) >= 11 is 1.82. The van der Waals surface area contributed by atoms with E-state index in [1.165, 1.54) is 9.75 Å². The average Bonchev–Trinajstić information content (AvgIpc) is 2.74. The Morgan fingerprint density at radius 1 is 1.24 bits per heavy atom. The van der Waals surface area contributed by atoms with Crippen molar-refractivity contribution in [3.8, 4) is 0 Å². The van der Waals surface area contributed by atoms with E-state index in [1.54, 1.807) is 7.11 Å². The predicted molar refractivity (Wildman–Crippen MR) is 72.4 cm³/mol. The second-order valence-corrected chi connectivity index (χ2v) is 5.56. The van der Waals surface area contributed by atoms with Crippen molar-refractivity contribution in [1.29, 1.82) is 0 Å². The molecule has 1 N–H and O–H groups in total. The molecule has 3 nitrogen and oxygen atoms in total. The molecule has 0 aliphatic rings. The normalized spacial score (nSPS) is 11.3. The molecular weight excluding hydrogens is 234 g/mol. The molecule has 0 saturated carbocycles. The Morgan fingerprint density at radius 3 is 2.71 bits per heavy atom. The molecule has 17 heavy (non-hydrogen) atoms. The lowest BCUT2D eigenvalue weighted by Gasteiger charge is -2.05. The van der Waals surface area contributed by atoms with Crippen molar-refractivity contribution in [3.63, 3.8) is 0 Å². The lowest BCUT2D eigenvalue weighted by molar-refractivity contribution is 0.0943. The fraction of sp³-hybridized carbons (Fsp3) is 0.692. The molecule has 1 rings (SSSR count). The zero-order valence-electron chi connectivity index (χ0n) is 11.0. The van der Waals surface area contributed by atoms with Crippen LogP contribution in [0.25, 0.3) is 0 Å². The Kier molecular flexibility index (Phi) is 7.44. The molecule has 0 aliphatic carbocycles. The van der Waals surface area contributed by atoms with Gasteiger partial charge in [0.05, 0.1) is 6.61 Å². The molecule has 0 aromatic carbocycles. The van der Waals surface area contributed by atoms with Crippen LogP contribution in [0.2, 0.25) is 0 Å². The largest absolute Gasteiger partial charge is 0.385 e. The van der Waals surface area contributed by atoms with Crippen molar-refractivity contribution in [3.05, 3.63) is 21.9 Å². The number of ether oxygens (including phenoxy) is 2. The van der Waals surface area contributed by atoms with Gasteiger partial charge in [-0.2, -0.15) is 0 Å². The molecule has 0 bridgehead atoms. The van der Waals surface area contributed by atoms with Gasteiger partial charge in [-0.05, 0) is 18.6 Å². The van der Waals surface area contributed by atoms with E-state index >= 15 is 0 Å². The van der Waals surface area contributed by atoms with Crippen LogP contribution in [0.1, 0.15) is 30.0 Å². The van der Waals surface area contributed by atoms with Crippen LogP contribution in [-0.2, 0) is 22.6 Å². The molecule has 0 saturated heterocycles. The molecule has 0 unspecified atom stereocenters. The summed E-state index contributed by atoms with van der Waals surface area (Å²) in [6, 6.07) is 4.86. The second-order valence-electron chi connectivity index (χ2n) is 4.30. The maximum absolute atomic E-state index is 5.57. The van der Waals surface area contributed by atoms with Crippen LogP contribution in [0.5, 0.6) is 0 Å². The van der Waals surface area contributed by atoms with E-state index in [0.29, 0.717) is 6.04 Å². The minimum absolute atomic E-state index is 0.533. The summed E-state index contributed by atoms with van der Waals surface area (Å²) in [5.74, 6) is 0. The standard InChI is InChI=1S/C13H23NO2S/c1-11(2)14-9-12-5-6-13(17-12)10-16-8-4-7-15-3/h5-6,11,14H,4,7-10H2,1-3H3. The molecule has 0 atom stereocenters. The zero-order chi connectivity index (χ0) is 12.5. The summed E-state index contributed by atoms with van der Waals surface area (Å²) in [4.78, 5) is 2.66. The summed E-state index contributed by atoms with van der Waals surface area (Å²) < 4.78 is 10.5. The minimum Gasteiger partial charge on any atom is -0.385 e. The van der Waals surface area contributed by atoms with Gasteiger partial charge in [0, 0.05) is 42.7 Å². The van der Waals surface area contributed by atoms with Crippen LogP contribution < -0.4 is 5.32 Å². The highest BCUT2D eigenvalue weighted by Gasteiger charge is 2.01. The average molecular weight is 257 g/mol. The molecule has 1 aromatic heterocycles. The van der Waals surface area contributed by atoms with Crippen molar-refractivity contribution < 1.29 is 9.47 Å². The Labute approximate surface area is 108 Å². The molecular formula is C13H23NO2S. The van der Waals surface area contributed by atoms with E-state index in [2.05, 4.69) is 31.3 Å². The molecule has 0 amide bonds. The second kappa shape index (κ2) is 8.64. The summed E-state index contributed by atoms with van der Waals surface area (Å²) in [7, 11) is 1.72. The highest BCUT2D eigenvalue weighted by atomic mass is 32.1. The van der Waals surface area contributed by atoms with Crippen molar-refractivity contribution in [2.24, 2.45) is 0 Å². The van der Waals surface area contributed by atoms with Gasteiger partial charge in [0.1, 0.15) is 0 Å². The number of rotatable bonds is 9. The third-order valence-corrected chi connectivity index (χ3v) is 3.34. The van der Waals surface area contributed by atoms with E-state index in [1.807, 2.05) is 11.3 Å². The monoisotopic (exact) mass is 257 g/mol. The number of nitrogens with one attached hydrogen (secondary N) is 1. The third-order valence-electron chi connectivity index (χ3n) is 2.28. The number of thiophene rings is 1. The van der Waals surface area contributed by atoms with Gasteiger partial charge in [-0.1, -0.05) is 13.8 Å². The van der Waals surface area contributed by atoms with Crippen molar-refractivity contribution in [2.75, 3.05) is 20.3 Å². The van der Waals surface area contributed by atoms with Gasteiger partial charge < -0.3 is 14.8 Å². The lowest BCUT2D eigenvalue weighted by atomic mass is 10.3. The van der Waals surface area contributed by atoms with Crippen LogP contribution >= 0.6 is 11.3 Å². The number of methoxy groups -OCH3 is 1. The Bertz CT molecular complexity index is 299. The number of hydrogen-bond donors (Lipinski definition) is 1. The van der Waals surface area contributed by atoms with E-state index in [-0.39, 0.29) is 0 Å². The summed E-state index contributed by atoms with van der Waals surface area (Å²) in [6.45, 7) is 7.53. The summed E-state index contributed by atoms with van der Waals surface area (Å²) in [6.07, 6.45) is 0.962. The first-order valence-electron chi connectivity index (χ1n) is 6.10. The van der Waals surface area contributed by atoms with Gasteiger partial charge >= 0.3 is 0 Å². The predicted octanol–water partition coefficient (Wildman–Crippen LogP) is 2.80. The highest BCUT2D eigenvalue weighted by Crippen LogP contribution is 2.17. The zero-order valence-corrected chi connectivity index (χ0v) is 11.8. The van der Waals surface area contributed by atoms with Gasteiger partial charge in [0.25, 0.3) is 0 Å². The van der Waals surface area contributed by atoms with Crippen LogP contribution in [0.15, 0.2) is 12.1 Å². The summed E-state index contributed by atoms with van der Waals surface area (Å²) in [5.41, 5.74) is 0. The first kappa shape index (κ1) is 14.6. The molecule has 0 spiro atoms. The van der Waals surface area contributed by atoms with Crippen LogP contribution in [0.3, 0.4) is 0 Å². The molecule has 1 heterocycles. The van der Waals surface area contributed by atoms with E-state index in [9.17, 15) is 0 Å². The van der Waals surface area contributed by atoms with Crippen molar-refractivity contribution in [1.82, 2.24) is 5.32 Å². The molecule has 4 heteroatoms. The SMILES string of the molecule is COCCCOCc1ccc(CNC(C)C)s1. The fourth-order valence-electron chi connectivity index (χ4n) is 1.38. The van der Waals surface area contributed by atoms with E-state index in [4.69, 9.17) is 9.47 Å². The smallest absolute Gasteiger partial charge is 0.0809 e. The maximum atomic E-state index is 5.57. The minimum atomic E-state index is 0.533. The molecule has 0 fully saturated rings. The Hall–Kier alpha value is -0.420. The summed E-state index contributed by atoms with van der Waals surface area (Å²) in [5, 5.41) is 3.41. The topological polar surface area (TPSA) is 30.5 Å². The maximum Gasteiger partial charge on any atom is 0.0809 e. The van der Waals surface area contributed by atoms with Crippen LogP contribution in [0, 0.1) is 0 Å². The lowest BCUT2D eigenvalue weighted by Crippen LogP contribution is -2.21. The van der Waals surface area contributed by atoms with Crippen LogP contribution in [-0.4, -0.2) is 26.4 Å². The molecule has 0 radical (unpaired) electrons. The molecule has 0 aliphatic heterocycles. The van der Waals surface area contributed by atoms with Gasteiger partial charge in [0.15, 0.2) is 0 Å². The highest BCUT2D eigenvalue weighted by molar-refractivity contribution is 7.11. The van der Waals surface area contributed by atoms with Gasteiger partial charge in [-0.25, -0.2) is 0 Å². The van der Waals surface area contributed by atoms with Crippen molar-refractivity contribution in [2.45, 2.75) is 39.5 Å². The Morgan fingerprint density at radius 2 is 2.00 bits per heavy atom. The fourth-order valence-corrected chi connectivity index (χ4v) is 2.28. The quantitative estimate of drug-likeness (QED) is 0.690. The van der Waals surface area contributed by atoms with Gasteiger partial charge in [-0.15, -0.1) is 11.3 Å². The van der Waals surface area contributed by atoms with Crippen LogP contribution in [0.4, 0.5) is 0 Å². The van der Waals surface area contributed by atoms with E-state index < -0.39 is 0 Å². The molecule has 1 aromatic rings. The van der Waals surface area contributed by atoms with E-state index in [0.717, 1.165) is 32.8 Å². The first-order chi connectivity index (χ1) is 8.22. The number of hydrogen-bond acceptors (Lipinski definition) is 4. The van der Waals surface area contributed by atoms with Gasteiger partial charge in [0.2, 0.25) is 0 Å². The Balaban J connectivity index is 2.17. The third kappa shape index (κ3) is 6.78. The molecule has 98 valence electrons. The first-order valence-corrected chi connectivity index (χ1v) is 6.91. The van der Waals surface area contributed by atoms with Gasteiger partial charge in [-0.3, -0.25) is 0 Å².